The zero-order valence-electron chi connectivity index (χ0n) is 19.0. The fourth-order valence-corrected chi connectivity index (χ4v) is 5.06. The van der Waals surface area contributed by atoms with Gasteiger partial charge >= 0.3 is 0 Å². The molecule has 0 aliphatic carbocycles. The van der Waals surface area contributed by atoms with E-state index in [1.807, 2.05) is 85.8 Å². The van der Waals surface area contributed by atoms with Crippen molar-refractivity contribution >= 4 is 44.4 Å². The molecule has 1 amide bonds. The number of nitrogens with one attached hydrogen (secondary N) is 1. The number of thiazole rings is 1. The molecule has 0 aliphatic heterocycles. The Balaban J connectivity index is 1.37. The molecule has 7 nitrogen and oxygen atoms in total. The number of thioether (sulfide) groups is 1. The summed E-state index contributed by atoms with van der Waals surface area (Å²) in [6, 6.07) is 25.3. The number of hydrogen-bond donors (Lipinski definition) is 1. The van der Waals surface area contributed by atoms with E-state index < -0.39 is 5.25 Å². The van der Waals surface area contributed by atoms with Crippen LogP contribution in [0.25, 0.3) is 32.7 Å². The van der Waals surface area contributed by atoms with E-state index >= 15 is 0 Å². The number of anilines is 1. The van der Waals surface area contributed by atoms with E-state index in [0.717, 1.165) is 32.8 Å². The van der Waals surface area contributed by atoms with Gasteiger partial charge in [0, 0.05) is 11.1 Å². The molecular formula is C26H21N5O2S2. The van der Waals surface area contributed by atoms with Crippen molar-refractivity contribution in [1.29, 1.82) is 0 Å². The van der Waals surface area contributed by atoms with Crippen LogP contribution in [-0.2, 0) is 4.79 Å². The van der Waals surface area contributed by atoms with Crippen molar-refractivity contribution in [3.63, 3.8) is 0 Å². The van der Waals surface area contributed by atoms with Crippen LogP contribution in [0.5, 0.6) is 5.75 Å². The van der Waals surface area contributed by atoms with Gasteiger partial charge in [-0.1, -0.05) is 83.8 Å². The number of benzene rings is 3. The predicted molar refractivity (Wildman–Crippen MR) is 141 cm³/mol. The molecule has 2 heterocycles. The van der Waals surface area contributed by atoms with E-state index in [0.29, 0.717) is 16.0 Å². The average molecular weight is 500 g/mol. The molecule has 1 unspecified atom stereocenters. The van der Waals surface area contributed by atoms with E-state index in [2.05, 4.69) is 20.5 Å². The van der Waals surface area contributed by atoms with Crippen molar-refractivity contribution in [1.82, 2.24) is 20.2 Å². The quantitative estimate of drug-likeness (QED) is 0.277. The minimum atomic E-state index is -0.454. The van der Waals surface area contributed by atoms with Crippen molar-refractivity contribution in [2.45, 2.75) is 17.3 Å². The van der Waals surface area contributed by atoms with Gasteiger partial charge in [-0.3, -0.25) is 4.79 Å². The maximum absolute atomic E-state index is 12.9. The number of rotatable bonds is 7. The standard InChI is InChI=1S/C26H21N5O2S2/c1-16(24(32)29-25-27-20-14-13-19(33-2)15-21(20)35-25)34-26-28-22(17-9-5-3-6-10-17)23(30-31-26)18-11-7-4-8-12-18/h3-16H,1-2H3,(H,27,29,32). The molecule has 9 heteroatoms. The molecule has 5 rings (SSSR count). The Morgan fingerprint density at radius 1 is 0.914 bits per heavy atom. The third kappa shape index (κ3) is 5.16. The second kappa shape index (κ2) is 10.2. The van der Waals surface area contributed by atoms with Crippen molar-refractivity contribution in [2.24, 2.45) is 0 Å². The molecule has 0 saturated heterocycles. The molecule has 35 heavy (non-hydrogen) atoms. The Kier molecular flexibility index (Phi) is 6.69. The summed E-state index contributed by atoms with van der Waals surface area (Å²) < 4.78 is 6.21. The van der Waals surface area contributed by atoms with Gasteiger partial charge in [-0.2, -0.15) is 0 Å². The lowest BCUT2D eigenvalue weighted by Gasteiger charge is -2.12. The Labute approximate surface area is 210 Å². The highest BCUT2D eigenvalue weighted by molar-refractivity contribution is 8.00. The normalized spacial score (nSPS) is 11.8. The lowest BCUT2D eigenvalue weighted by atomic mass is 10.0. The smallest absolute Gasteiger partial charge is 0.239 e. The van der Waals surface area contributed by atoms with E-state index in [1.165, 1.54) is 23.1 Å². The molecular weight excluding hydrogens is 478 g/mol. The minimum Gasteiger partial charge on any atom is -0.497 e. The first-order chi connectivity index (χ1) is 17.1. The van der Waals surface area contributed by atoms with E-state index in [1.54, 1.807) is 7.11 Å². The molecule has 0 bridgehead atoms. The number of carbonyl (C=O) groups excluding carboxylic acids is 1. The van der Waals surface area contributed by atoms with Crippen LogP contribution in [0.15, 0.2) is 84.0 Å². The molecule has 2 aromatic heterocycles. The number of nitrogens with zero attached hydrogens (tertiary/aromatic N) is 4. The molecule has 1 N–H and O–H groups in total. The second-order valence-electron chi connectivity index (χ2n) is 7.63. The largest absolute Gasteiger partial charge is 0.497 e. The Morgan fingerprint density at radius 2 is 1.60 bits per heavy atom. The Morgan fingerprint density at radius 3 is 2.29 bits per heavy atom. The van der Waals surface area contributed by atoms with Crippen LogP contribution in [0.1, 0.15) is 6.92 Å². The summed E-state index contributed by atoms with van der Waals surface area (Å²) >= 11 is 2.66. The predicted octanol–water partition coefficient (Wildman–Crippen LogP) is 5.94. The maximum Gasteiger partial charge on any atom is 0.239 e. The van der Waals surface area contributed by atoms with Crippen LogP contribution in [0.2, 0.25) is 0 Å². The van der Waals surface area contributed by atoms with Crippen LogP contribution in [0.4, 0.5) is 5.13 Å². The van der Waals surface area contributed by atoms with E-state index in [-0.39, 0.29) is 5.91 Å². The second-order valence-corrected chi connectivity index (χ2v) is 9.96. The molecule has 0 radical (unpaired) electrons. The molecule has 1 atom stereocenters. The summed E-state index contributed by atoms with van der Waals surface area (Å²) in [5, 5.41) is 12.2. The number of aromatic nitrogens is 4. The SMILES string of the molecule is COc1ccc2nc(NC(=O)C(C)Sc3nnc(-c4ccccc4)c(-c4ccccc4)n3)sc2c1. The molecule has 0 saturated carbocycles. The number of carbonyl (C=O) groups is 1. The van der Waals surface area contributed by atoms with Gasteiger partial charge in [-0.05, 0) is 25.1 Å². The van der Waals surface area contributed by atoms with Gasteiger partial charge < -0.3 is 10.1 Å². The fraction of sp³-hybridized carbons (Fsp3) is 0.115. The number of amides is 1. The van der Waals surface area contributed by atoms with Crippen molar-refractivity contribution in [3.8, 4) is 28.3 Å². The summed E-state index contributed by atoms with van der Waals surface area (Å²) in [4.78, 5) is 22.2. The zero-order chi connectivity index (χ0) is 24.2. The lowest BCUT2D eigenvalue weighted by Crippen LogP contribution is -2.22. The number of fused-ring (bicyclic) bond motifs is 1. The van der Waals surface area contributed by atoms with Crippen LogP contribution in [0, 0.1) is 0 Å². The monoisotopic (exact) mass is 499 g/mol. The van der Waals surface area contributed by atoms with Gasteiger partial charge in [-0.15, -0.1) is 10.2 Å². The molecule has 0 fully saturated rings. The van der Waals surface area contributed by atoms with Crippen molar-refractivity contribution < 1.29 is 9.53 Å². The van der Waals surface area contributed by atoms with Crippen LogP contribution >= 0.6 is 23.1 Å². The Hall–Kier alpha value is -3.82. The van der Waals surface area contributed by atoms with Gasteiger partial charge in [0.15, 0.2) is 5.13 Å². The first-order valence-corrected chi connectivity index (χ1v) is 12.6. The van der Waals surface area contributed by atoms with Gasteiger partial charge in [0.1, 0.15) is 17.1 Å². The van der Waals surface area contributed by atoms with Crippen LogP contribution < -0.4 is 10.1 Å². The van der Waals surface area contributed by atoms with Gasteiger partial charge in [0.25, 0.3) is 0 Å². The molecule has 5 aromatic rings. The van der Waals surface area contributed by atoms with Gasteiger partial charge in [0.05, 0.1) is 22.6 Å². The number of hydrogen-bond acceptors (Lipinski definition) is 8. The van der Waals surface area contributed by atoms with E-state index in [9.17, 15) is 4.79 Å². The third-order valence-electron chi connectivity index (χ3n) is 5.24. The average Bonchev–Trinajstić information content (AvgIpc) is 3.31. The highest BCUT2D eigenvalue weighted by Gasteiger charge is 2.20. The summed E-state index contributed by atoms with van der Waals surface area (Å²) in [5.74, 6) is 0.568. The van der Waals surface area contributed by atoms with Crippen LogP contribution in [0.3, 0.4) is 0 Å². The highest BCUT2D eigenvalue weighted by atomic mass is 32.2. The number of ether oxygens (including phenoxy) is 1. The summed E-state index contributed by atoms with van der Waals surface area (Å²) in [5.41, 5.74) is 4.10. The number of methoxy groups -OCH3 is 1. The molecule has 3 aromatic carbocycles. The zero-order valence-corrected chi connectivity index (χ0v) is 20.6. The first kappa shape index (κ1) is 22.9. The summed E-state index contributed by atoms with van der Waals surface area (Å²) in [6.07, 6.45) is 0. The maximum atomic E-state index is 12.9. The van der Waals surface area contributed by atoms with Gasteiger partial charge in [0.2, 0.25) is 11.1 Å². The van der Waals surface area contributed by atoms with Crippen LogP contribution in [-0.4, -0.2) is 38.4 Å². The van der Waals surface area contributed by atoms with E-state index in [4.69, 9.17) is 9.72 Å². The minimum absolute atomic E-state index is 0.182. The Bertz CT molecular complexity index is 1480. The lowest BCUT2D eigenvalue weighted by molar-refractivity contribution is -0.115. The first-order valence-electron chi connectivity index (χ1n) is 10.9. The summed E-state index contributed by atoms with van der Waals surface area (Å²) in [6.45, 7) is 1.81. The van der Waals surface area contributed by atoms with Crippen molar-refractivity contribution in [3.05, 3.63) is 78.9 Å². The molecule has 0 aliphatic rings. The van der Waals surface area contributed by atoms with Gasteiger partial charge in [-0.25, -0.2) is 9.97 Å². The summed E-state index contributed by atoms with van der Waals surface area (Å²) in [7, 11) is 1.62. The fourth-order valence-electron chi connectivity index (χ4n) is 3.45. The third-order valence-corrected chi connectivity index (χ3v) is 7.12. The van der Waals surface area contributed by atoms with Crippen molar-refractivity contribution in [2.75, 3.05) is 12.4 Å². The molecule has 0 spiro atoms. The highest BCUT2D eigenvalue weighted by Crippen LogP contribution is 2.32. The topological polar surface area (TPSA) is 89.9 Å². The molecule has 174 valence electrons.